The maximum absolute atomic E-state index is 14.0. The first kappa shape index (κ1) is 15.2. The van der Waals surface area contributed by atoms with E-state index in [1.165, 1.54) is 7.11 Å². The fourth-order valence-electron chi connectivity index (χ4n) is 1.88. The molecule has 20 heavy (non-hydrogen) atoms. The molecular weight excluding hydrogens is 352 g/mol. The summed E-state index contributed by atoms with van der Waals surface area (Å²) in [6.07, 6.45) is 0. The standard InChI is InChI=1S/C14H11BrClF2NO/c1-20-8-5-11(17)13(12(18)6-8)14(19)9-4-7(15)2-3-10(9)16/h2-6,14H,19H2,1H3. The first-order valence-electron chi connectivity index (χ1n) is 5.67. The maximum atomic E-state index is 14.0. The summed E-state index contributed by atoms with van der Waals surface area (Å²) in [5, 5.41) is 0.343. The Labute approximate surface area is 128 Å². The summed E-state index contributed by atoms with van der Waals surface area (Å²) in [6.45, 7) is 0. The number of hydrogen-bond donors (Lipinski definition) is 1. The van der Waals surface area contributed by atoms with E-state index in [1.54, 1.807) is 18.2 Å². The molecule has 0 radical (unpaired) electrons. The molecule has 0 saturated carbocycles. The van der Waals surface area contributed by atoms with Gasteiger partial charge in [-0.25, -0.2) is 8.78 Å². The predicted molar refractivity (Wildman–Crippen MR) is 78.1 cm³/mol. The fourth-order valence-corrected chi connectivity index (χ4v) is 2.50. The summed E-state index contributed by atoms with van der Waals surface area (Å²) < 4.78 is 33.6. The van der Waals surface area contributed by atoms with E-state index < -0.39 is 17.7 Å². The molecule has 0 heterocycles. The van der Waals surface area contributed by atoms with Crippen molar-refractivity contribution in [1.82, 2.24) is 0 Å². The summed E-state index contributed by atoms with van der Waals surface area (Å²) in [5.41, 5.74) is 6.14. The second kappa shape index (κ2) is 6.08. The molecule has 2 aromatic rings. The lowest BCUT2D eigenvalue weighted by molar-refractivity contribution is 0.404. The predicted octanol–water partition coefficient (Wildman–Crippen LogP) is 4.44. The van der Waals surface area contributed by atoms with Gasteiger partial charge in [-0.3, -0.25) is 0 Å². The highest BCUT2D eigenvalue weighted by Gasteiger charge is 2.22. The van der Waals surface area contributed by atoms with Crippen molar-refractivity contribution in [2.75, 3.05) is 7.11 Å². The van der Waals surface area contributed by atoms with Crippen molar-refractivity contribution in [3.05, 3.63) is 62.6 Å². The van der Waals surface area contributed by atoms with E-state index in [9.17, 15) is 8.78 Å². The molecule has 2 aromatic carbocycles. The molecule has 0 aliphatic rings. The van der Waals surface area contributed by atoms with Crippen LogP contribution in [0.2, 0.25) is 5.02 Å². The van der Waals surface area contributed by atoms with Crippen molar-refractivity contribution in [1.29, 1.82) is 0 Å². The minimum absolute atomic E-state index is 0.0938. The minimum Gasteiger partial charge on any atom is -0.497 e. The second-order valence-electron chi connectivity index (χ2n) is 4.15. The van der Waals surface area contributed by atoms with Gasteiger partial charge in [0.15, 0.2) is 0 Å². The van der Waals surface area contributed by atoms with Gasteiger partial charge in [0.1, 0.15) is 17.4 Å². The number of rotatable bonds is 3. The third-order valence-electron chi connectivity index (χ3n) is 2.89. The number of methoxy groups -OCH3 is 1. The average molecular weight is 363 g/mol. The van der Waals surface area contributed by atoms with E-state index in [4.69, 9.17) is 22.1 Å². The summed E-state index contributed by atoms with van der Waals surface area (Å²) in [6, 6.07) is 6.13. The molecule has 0 bridgehead atoms. The van der Waals surface area contributed by atoms with Crippen molar-refractivity contribution in [2.45, 2.75) is 6.04 Å². The van der Waals surface area contributed by atoms with Crippen LogP contribution in [0.25, 0.3) is 0 Å². The Morgan fingerprint density at radius 3 is 2.35 bits per heavy atom. The molecule has 0 aliphatic carbocycles. The van der Waals surface area contributed by atoms with E-state index in [1.807, 2.05) is 0 Å². The second-order valence-corrected chi connectivity index (χ2v) is 5.47. The van der Waals surface area contributed by atoms with Crippen LogP contribution < -0.4 is 10.5 Å². The van der Waals surface area contributed by atoms with Gasteiger partial charge in [-0.1, -0.05) is 27.5 Å². The Morgan fingerprint density at radius 2 is 1.80 bits per heavy atom. The monoisotopic (exact) mass is 361 g/mol. The fraction of sp³-hybridized carbons (Fsp3) is 0.143. The lowest BCUT2D eigenvalue weighted by Crippen LogP contribution is -2.16. The molecule has 0 amide bonds. The summed E-state index contributed by atoms with van der Waals surface area (Å²) >= 11 is 9.31. The van der Waals surface area contributed by atoms with Crippen LogP contribution in [0.5, 0.6) is 5.75 Å². The van der Waals surface area contributed by atoms with Gasteiger partial charge in [0, 0.05) is 27.2 Å². The molecule has 0 spiro atoms. The topological polar surface area (TPSA) is 35.2 Å². The first-order valence-corrected chi connectivity index (χ1v) is 6.84. The van der Waals surface area contributed by atoms with Gasteiger partial charge in [-0.2, -0.15) is 0 Å². The highest BCUT2D eigenvalue weighted by atomic mass is 79.9. The first-order chi connectivity index (χ1) is 9.43. The van der Waals surface area contributed by atoms with Crippen LogP contribution in [0.15, 0.2) is 34.8 Å². The van der Waals surface area contributed by atoms with Crippen molar-refractivity contribution < 1.29 is 13.5 Å². The lowest BCUT2D eigenvalue weighted by atomic mass is 9.98. The Kier molecular flexibility index (Phi) is 4.62. The number of ether oxygens (including phenoxy) is 1. The number of nitrogens with two attached hydrogens (primary N) is 1. The summed E-state index contributed by atoms with van der Waals surface area (Å²) in [7, 11) is 1.33. The van der Waals surface area contributed by atoms with E-state index in [0.29, 0.717) is 10.6 Å². The Hall–Kier alpha value is -1.17. The average Bonchev–Trinajstić information content (AvgIpc) is 2.40. The van der Waals surface area contributed by atoms with E-state index in [-0.39, 0.29) is 11.3 Å². The number of halogens is 4. The Bertz CT molecular complexity index is 628. The zero-order valence-electron chi connectivity index (χ0n) is 10.5. The molecular formula is C14H11BrClF2NO. The maximum Gasteiger partial charge on any atom is 0.134 e. The van der Waals surface area contributed by atoms with Crippen LogP contribution in [0.4, 0.5) is 8.78 Å². The molecule has 2 N–H and O–H groups in total. The highest BCUT2D eigenvalue weighted by molar-refractivity contribution is 9.10. The smallest absolute Gasteiger partial charge is 0.134 e. The highest BCUT2D eigenvalue weighted by Crippen LogP contribution is 2.33. The third-order valence-corrected chi connectivity index (χ3v) is 3.73. The molecule has 0 saturated heterocycles. The van der Waals surface area contributed by atoms with Crippen LogP contribution in [-0.4, -0.2) is 7.11 Å². The van der Waals surface area contributed by atoms with Gasteiger partial charge in [0.25, 0.3) is 0 Å². The van der Waals surface area contributed by atoms with E-state index in [2.05, 4.69) is 15.9 Å². The molecule has 2 nitrogen and oxygen atoms in total. The largest absolute Gasteiger partial charge is 0.497 e. The van der Waals surface area contributed by atoms with Gasteiger partial charge in [0.05, 0.1) is 13.2 Å². The molecule has 106 valence electrons. The molecule has 6 heteroatoms. The molecule has 1 atom stereocenters. The normalized spacial score (nSPS) is 12.3. The van der Waals surface area contributed by atoms with E-state index >= 15 is 0 Å². The number of hydrogen-bond acceptors (Lipinski definition) is 2. The number of benzene rings is 2. The molecule has 0 aromatic heterocycles. The molecule has 2 rings (SSSR count). The van der Waals surface area contributed by atoms with Crippen LogP contribution in [-0.2, 0) is 0 Å². The van der Waals surface area contributed by atoms with Gasteiger partial charge < -0.3 is 10.5 Å². The molecule has 0 aliphatic heterocycles. The van der Waals surface area contributed by atoms with Crippen LogP contribution in [0, 0.1) is 11.6 Å². The van der Waals surface area contributed by atoms with Crippen LogP contribution in [0.1, 0.15) is 17.2 Å². The van der Waals surface area contributed by atoms with Crippen molar-refractivity contribution in [3.63, 3.8) is 0 Å². The van der Waals surface area contributed by atoms with Crippen LogP contribution in [0.3, 0.4) is 0 Å². The van der Waals surface area contributed by atoms with Gasteiger partial charge in [-0.05, 0) is 23.8 Å². The van der Waals surface area contributed by atoms with Gasteiger partial charge in [0.2, 0.25) is 0 Å². The Morgan fingerprint density at radius 1 is 1.20 bits per heavy atom. The summed E-state index contributed by atoms with van der Waals surface area (Å²) in [5.74, 6) is -1.45. The van der Waals surface area contributed by atoms with Gasteiger partial charge in [-0.15, -0.1) is 0 Å². The minimum atomic E-state index is -1.01. The zero-order valence-corrected chi connectivity index (χ0v) is 12.8. The molecule has 1 unspecified atom stereocenters. The summed E-state index contributed by atoms with van der Waals surface area (Å²) in [4.78, 5) is 0. The van der Waals surface area contributed by atoms with E-state index in [0.717, 1.165) is 16.6 Å². The SMILES string of the molecule is COc1cc(F)c(C(N)c2cc(Br)ccc2Cl)c(F)c1. The molecule has 0 fully saturated rings. The van der Waals surface area contributed by atoms with Crippen molar-refractivity contribution >= 4 is 27.5 Å². The van der Waals surface area contributed by atoms with Crippen molar-refractivity contribution in [3.8, 4) is 5.75 Å². The third kappa shape index (κ3) is 2.95. The zero-order chi connectivity index (χ0) is 14.9. The Balaban J connectivity index is 2.53. The lowest BCUT2D eigenvalue weighted by Gasteiger charge is -2.17. The van der Waals surface area contributed by atoms with Gasteiger partial charge >= 0.3 is 0 Å². The van der Waals surface area contributed by atoms with Crippen molar-refractivity contribution in [2.24, 2.45) is 5.73 Å². The quantitative estimate of drug-likeness (QED) is 0.876. The van der Waals surface area contributed by atoms with Crippen LogP contribution >= 0.6 is 27.5 Å².